The van der Waals surface area contributed by atoms with Gasteiger partial charge in [0, 0.05) is 25.0 Å². The van der Waals surface area contributed by atoms with Crippen LogP contribution in [0.4, 0.5) is 0 Å². The first-order valence-corrected chi connectivity index (χ1v) is 5.26. The van der Waals surface area contributed by atoms with Gasteiger partial charge in [-0.2, -0.15) is 0 Å². The maximum atomic E-state index is 11.8. The SMILES string of the molecule is O=C(N[C@@H]1CCNC1)c1ccncc1Cl. The summed E-state index contributed by atoms with van der Waals surface area (Å²) in [6, 6.07) is 1.83. The zero-order valence-corrected chi connectivity index (χ0v) is 8.92. The van der Waals surface area contributed by atoms with Crippen LogP contribution in [0.3, 0.4) is 0 Å². The van der Waals surface area contributed by atoms with E-state index in [2.05, 4.69) is 15.6 Å². The lowest BCUT2D eigenvalue weighted by Crippen LogP contribution is -2.36. The molecule has 0 spiro atoms. The van der Waals surface area contributed by atoms with Crippen molar-refractivity contribution in [1.29, 1.82) is 0 Å². The van der Waals surface area contributed by atoms with Crippen molar-refractivity contribution < 1.29 is 4.79 Å². The Bertz CT molecular complexity index is 363. The number of carbonyl (C=O) groups is 1. The topological polar surface area (TPSA) is 54.0 Å². The number of rotatable bonds is 2. The van der Waals surface area contributed by atoms with Crippen LogP contribution in [-0.4, -0.2) is 30.0 Å². The van der Waals surface area contributed by atoms with Crippen LogP contribution in [0.25, 0.3) is 0 Å². The fourth-order valence-electron chi connectivity index (χ4n) is 1.60. The number of pyridine rings is 1. The first-order chi connectivity index (χ1) is 7.27. The van der Waals surface area contributed by atoms with Crippen molar-refractivity contribution in [3.05, 3.63) is 29.0 Å². The van der Waals surface area contributed by atoms with E-state index >= 15 is 0 Å². The number of hydrogen-bond donors (Lipinski definition) is 2. The van der Waals surface area contributed by atoms with E-state index in [4.69, 9.17) is 11.6 Å². The minimum Gasteiger partial charge on any atom is -0.348 e. The Morgan fingerprint density at radius 2 is 2.53 bits per heavy atom. The fraction of sp³-hybridized carbons (Fsp3) is 0.400. The van der Waals surface area contributed by atoms with Crippen LogP contribution in [0, 0.1) is 0 Å². The van der Waals surface area contributed by atoms with E-state index < -0.39 is 0 Å². The number of halogens is 1. The summed E-state index contributed by atoms with van der Waals surface area (Å²) in [6.45, 7) is 1.78. The number of nitrogens with one attached hydrogen (secondary N) is 2. The van der Waals surface area contributed by atoms with Crippen LogP contribution in [0.5, 0.6) is 0 Å². The summed E-state index contributed by atoms with van der Waals surface area (Å²) in [6.07, 6.45) is 4.01. The Labute approximate surface area is 93.0 Å². The Balaban J connectivity index is 2.04. The third kappa shape index (κ3) is 2.46. The molecule has 2 N–H and O–H groups in total. The number of hydrogen-bond acceptors (Lipinski definition) is 3. The molecule has 0 bridgehead atoms. The van der Waals surface area contributed by atoms with E-state index in [0.29, 0.717) is 10.6 Å². The van der Waals surface area contributed by atoms with Crippen molar-refractivity contribution in [2.75, 3.05) is 13.1 Å². The number of aromatic nitrogens is 1. The fourth-order valence-corrected chi connectivity index (χ4v) is 1.81. The normalized spacial score (nSPS) is 20.2. The maximum absolute atomic E-state index is 11.8. The van der Waals surface area contributed by atoms with E-state index in [1.54, 1.807) is 12.3 Å². The molecule has 4 nitrogen and oxygen atoms in total. The molecule has 15 heavy (non-hydrogen) atoms. The summed E-state index contributed by atoms with van der Waals surface area (Å²) in [5.74, 6) is -0.129. The van der Waals surface area contributed by atoms with Gasteiger partial charge in [-0.3, -0.25) is 9.78 Å². The molecule has 0 aromatic carbocycles. The van der Waals surface area contributed by atoms with Gasteiger partial charge in [0.1, 0.15) is 0 Å². The van der Waals surface area contributed by atoms with Gasteiger partial charge < -0.3 is 10.6 Å². The smallest absolute Gasteiger partial charge is 0.253 e. The average Bonchev–Trinajstić information content (AvgIpc) is 2.71. The molecule has 2 heterocycles. The van der Waals surface area contributed by atoms with Gasteiger partial charge in [-0.1, -0.05) is 11.6 Å². The molecule has 1 atom stereocenters. The second kappa shape index (κ2) is 4.59. The molecule has 0 saturated carbocycles. The molecule has 0 radical (unpaired) electrons. The van der Waals surface area contributed by atoms with Crippen molar-refractivity contribution in [3.8, 4) is 0 Å². The molecular formula is C10H12ClN3O. The molecule has 1 saturated heterocycles. The first kappa shape index (κ1) is 10.4. The lowest BCUT2D eigenvalue weighted by Gasteiger charge is -2.11. The van der Waals surface area contributed by atoms with Crippen LogP contribution in [0.1, 0.15) is 16.8 Å². The molecule has 1 aromatic heterocycles. The van der Waals surface area contributed by atoms with Crippen LogP contribution in [0.2, 0.25) is 5.02 Å². The highest BCUT2D eigenvalue weighted by Crippen LogP contribution is 2.13. The van der Waals surface area contributed by atoms with Crippen LogP contribution in [0.15, 0.2) is 18.5 Å². The van der Waals surface area contributed by atoms with Crippen molar-refractivity contribution in [1.82, 2.24) is 15.6 Å². The van der Waals surface area contributed by atoms with Crippen LogP contribution < -0.4 is 10.6 Å². The molecular weight excluding hydrogens is 214 g/mol. The zero-order chi connectivity index (χ0) is 10.7. The standard InChI is InChI=1S/C10H12ClN3O/c11-9-6-13-4-2-8(9)10(15)14-7-1-3-12-5-7/h2,4,6-7,12H,1,3,5H2,(H,14,15)/t7-/m1/s1. The van der Waals surface area contributed by atoms with Crippen LogP contribution >= 0.6 is 11.6 Å². The molecule has 1 fully saturated rings. The van der Waals surface area contributed by atoms with Crippen LogP contribution in [-0.2, 0) is 0 Å². The second-order valence-corrected chi connectivity index (χ2v) is 3.93. The summed E-state index contributed by atoms with van der Waals surface area (Å²) in [7, 11) is 0. The van der Waals surface area contributed by atoms with E-state index in [9.17, 15) is 4.79 Å². The van der Waals surface area contributed by atoms with Gasteiger partial charge in [0.2, 0.25) is 0 Å². The van der Waals surface area contributed by atoms with Crippen molar-refractivity contribution >= 4 is 17.5 Å². The van der Waals surface area contributed by atoms with Crippen molar-refractivity contribution in [2.24, 2.45) is 0 Å². The largest absolute Gasteiger partial charge is 0.348 e. The Kier molecular flexibility index (Phi) is 3.18. The first-order valence-electron chi connectivity index (χ1n) is 4.88. The Morgan fingerprint density at radius 3 is 3.20 bits per heavy atom. The van der Waals surface area contributed by atoms with E-state index in [-0.39, 0.29) is 11.9 Å². The summed E-state index contributed by atoms with van der Waals surface area (Å²) in [4.78, 5) is 15.6. The van der Waals surface area contributed by atoms with Gasteiger partial charge in [0.25, 0.3) is 5.91 Å². The number of amides is 1. The molecule has 80 valence electrons. The zero-order valence-electron chi connectivity index (χ0n) is 8.16. The molecule has 1 aromatic rings. The van der Waals surface area contributed by atoms with Gasteiger partial charge >= 0.3 is 0 Å². The number of carbonyl (C=O) groups excluding carboxylic acids is 1. The molecule has 1 amide bonds. The summed E-state index contributed by atoms with van der Waals surface area (Å²) >= 11 is 5.87. The Hall–Kier alpha value is -1.13. The highest BCUT2D eigenvalue weighted by Gasteiger charge is 2.18. The molecule has 1 aliphatic heterocycles. The predicted octanol–water partition coefficient (Wildman–Crippen LogP) is 0.827. The van der Waals surface area contributed by atoms with E-state index in [1.807, 2.05) is 0 Å². The van der Waals surface area contributed by atoms with Gasteiger partial charge in [0.15, 0.2) is 0 Å². The third-order valence-electron chi connectivity index (χ3n) is 2.41. The third-order valence-corrected chi connectivity index (χ3v) is 2.71. The lowest BCUT2D eigenvalue weighted by molar-refractivity contribution is 0.0940. The minimum absolute atomic E-state index is 0.129. The summed E-state index contributed by atoms with van der Waals surface area (Å²) in [5, 5.41) is 6.50. The lowest BCUT2D eigenvalue weighted by atomic mass is 10.2. The predicted molar refractivity (Wildman–Crippen MR) is 58.0 cm³/mol. The number of nitrogens with zero attached hydrogens (tertiary/aromatic N) is 1. The van der Waals surface area contributed by atoms with Crippen molar-refractivity contribution in [3.63, 3.8) is 0 Å². The van der Waals surface area contributed by atoms with E-state index in [1.165, 1.54) is 6.20 Å². The quantitative estimate of drug-likeness (QED) is 0.784. The summed E-state index contributed by atoms with van der Waals surface area (Å²) < 4.78 is 0. The molecule has 2 rings (SSSR count). The van der Waals surface area contributed by atoms with Gasteiger partial charge in [-0.15, -0.1) is 0 Å². The van der Waals surface area contributed by atoms with Crippen molar-refractivity contribution in [2.45, 2.75) is 12.5 Å². The monoisotopic (exact) mass is 225 g/mol. The summed E-state index contributed by atoms with van der Waals surface area (Å²) in [5.41, 5.74) is 0.485. The van der Waals surface area contributed by atoms with E-state index in [0.717, 1.165) is 19.5 Å². The molecule has 1 aliphatic rings. The highest BCUT2D eigenvalue weighted by atomic mass is 35.5. The van der Waals surface area contributed by atoms with Gasteiger partial charge in [-0.25, -0.2) is 0 Å². The van der Waals surface area contributed by atoms with Gasteiger partial charge in [0.05, 0.1) is 10.6 Å². The minimum atomic E-state index is -0.129. The van der Waals surface area contributed by atoms with Gasteiger partial charge in [-0.05, 0) is 19.0 Å². The highest BCUT2D eigenvalue weighted by molar-refractivity contribution is 6.33. The molecule has 5 heteroatoms. The average molecular weight is 226 g/mol. The Morgan fingerprint density at radius 1 is 1.67 bits per heavy atom. The molecule has 0 unspecified atom stereocenters. The second-order valence-electron chi connectivity index (χ2n) is 3.52. The molecule has 0 aliphatic carbocycles. The maximum Gasteiger partial charge on any atom is 0.253 e.